The number of allylic oxidation sites excluding steroid dienone is 2. The first kappa shape index (κ1) is 25.2. The van der Waals surface area contributed by atoms with Gasteiger partial charge in [-0.25, -0.2) is 0 Å². The van der Waals surface area contributed by atoms with Gasteiger partial charge in [0.1, 0.15) is 0 Å². The molecule has 0 spiro atoms. The minimum absolute atomic E-state index is 0.399. The van der Waals surface area contributed by atoms with Crippen LogP contribution < -0.4 is 24.7 Å². The molecule has 0 saturated heterocycles. The number of nitrogens with two attached hydrogens (primary N) is 1. The average molecular weight is 453 g/mol. The molecule has 2 aromatic carbocycles. The van der Waals surface area contributed by atoms with Crippen molar-refractivity contribution < 1.29 is 33.3 Å². The van der Waals surface area contributed by atoms with Gasteiger partial charge in [-0.05, 0) is 47.5 Å². The van der Waals surface area contributed by atoms with Crippen molar-refractivity contribution in [3.8, 4) is 23.0 Å². The number of carbonyl (C=O) groups excluding carboxylic acids is 3. The van der Waals surface area contributed by atoms with Crippen LogP contribution in [-0.2, 0) is 14.4 Å². The highest BCUT2D eigenvalue weighted by atomic mass is 16.5. The summed E-state index contributed by atoms with van der Waals surface area (Å²) in [5, 5.41) is 0. The molecular formula is C25H27NO7. The number of benzene rings is 2. The second-order valence-corrected chi connectivity index (χ2v) is 6.92. The maximum atomic E-state index is 12.7. The van der Waals surface area contributed by atoms with E-state index in [9.17, 15) is 14.4 Å². The highest BCUT2D eigenvalue weighted by Crippen LogP contribution is 2.29. The fourth-order valence-electron chi connectivity index (χ4n) is 3.04. The Labute approximate surface area is 192 Å². The minimum Gasteiger partial charge on any atom is -0.493 e. The lowest BCUT2D eigenvalue weighted by Gasteiger charge is -2.10. The predicted octanol–water partition coefficient (Wildman–Crippen LogP) is 3.08. The molecule has 2 aromatic rings. The highest BCUT2D eigenvalue weighted by Gasteiger charge is 2.25. The van der Waals surface area contributed by atoms with E-state index in [1.807, 2.05) is 0 Å². The number of carbonyl (C=O) groups is 3. The third kappa shape index (κ3) is 6.96. The minimum atomic E-state index is -1.23. The van der Waals surface area contributed by atoms with Crippen LogP contribution >= 0.6 is 0 Å². The first-order valence-corrected chi connectivity index (χ1v) is 9.99. The van der Waals surface area contributed by atoms with Gasteiger partial charge in [-0.1, -0.05) is 24.3 Å². The number of primary amides is 1. The molecule has 2 N–H and O–H groups in total. The third-order valence-electron chi connectivity index (χ3n) is 4.79. The maximum Gasteiger partial charge on any atom is 0.218 e. The summed E-state index contributed by atoms with van der Waals surface area (Å²) in [6.07, 6.45) is 5.16. The smallest absolute Gasteiger partial charge is 0.218 e. The molecule has 0 unspecified atom stereocenters. The summed E-state index contributed by atoms with van der Waals surface area (Å²) >= 11 is 0. The molecule has 0 aliphatic heterocycles. The molecule has 0 bridgehead atoms. The Morgan fingerprint density at radius 2 is 1.12 bits per heavy atom. The summed E-state index contributed by atoms with van der Waals surface area (Å²) in [7, 11) is 6.05. The summed E-state index contributed by atoms with van der Waals surface area (Å²) in [5.74, 6) is -0.970. The van der Waals surface area contributed by atoms with Gasteiger partial charge < -0.3 is 24.7 Å². The van der Waals surface area contributed by atoms with Gasteiger partial charge in [-0.3, -0.25) is 14.4 Å². The molecule has 0 aromatic heterocycles. The summed E-state index contributed by atoms with van der Waals surface area (Å²) in [5.41, 5.74) is 6.59. The number of ketones is 2. The Morgan fingerprint density at radius 1 is 0.727 bits per heavy atom. The molecule has 2 rings (SSSR count). The van der Waals surface area contributed by atoms with E-state index in [2.05, 4.69) is 0 Å². The number of ether oxygens (including phenoxy) is 4. The molecule has 8 nitrogen and oxygen atoms in total. The normalized spacial score (nSPS) is 11.9. The van der Waals surface area contributed by atoms with E-state index in [0.717, 1.165) is 0 Å². The van der Waals surface area contributed by atoms with Crippen molar-refractivity contribution in [2.45, 2.75) is 6.42 Å². The number of amides is 1. The van der Waals surface area contributed by atoms with Gasteiger partial charge in [-0.15, -0.1) is 0 Å². The van der Waals surface area contributed by atoms with Crippen molar-refractivity contribution in [1.29, 1.82) is 0 Å². The fourth-order valence-corrected chi connectivity index (χ4v) is 3.04. The van der Waals surface area contributed by atoms with Gasteiger partial charge in [0.05, 0.1) is 34.4 Å². The summed E-state index contributed by atoms with van der Waals surface area (Å²) in [6.45, 7) is 0. The van der Waals surface area contributed by atoms with Gasteiger partial charge in [0.2, 0.25) is 5.91 Å². The van der Waals surface area contributed by atoms with Crippen molar-refractivity contribution in [3.63, 3.8) is 0 Å². The Bertz CT molecular complexity index is 995. The lowest BCUT2D eigenvalue weighted by Crippen LogP contribution is -2.27. The Morgan fingerprint density at radius 3 is 1.45 bits per heavy atom. The van der Waals surface area contributed by atoms with Crippen LogP contribution in [0, 0.1) is 5.92 Å². The Kier molecular flexibility index (Phi) is 9.23. The van der Waals surface area contributed by atoms with E-state index >= 15 is 0 Å². The van der Waals surface area contributed by atoms with Gasteiger partial charge in [0.25, 0.3) is 0 Å². The number of hydrogen-bond donors (Lipinski definition) is 1. The first-order chi connectivity index (χ1) is 15.8. The average Bonchev–Trinajstić information content (AvgIpc) is 2.83. The van der Waals surface area contributed by atoms with Gasteiger partial charge in [0, 0.05) is 6.42 Å². The molecule has 0 heterocycles. The number of methoxy groups -OCH3 is 4. The Hall–Kier alpha value is -4.07. The van der Waals surface area contributed by atoms with Crippen molar-refractivity contribution in [1.82, 2.24) is 0 Å². The van der Waals surface area contributed by atoms with E-state index < -0.39 is 29.8 Å². The number of hydrogen-bond acceptors (Lipinski definition) is 7. The molecule has 0 atom stereocenters. The lowest BCUT2D eigenvalue weighted by molar-refractivity contribution is -0.131. The molecule has 33 heavy (non-hydrogen) atoms. The van der Waals surface area contributed by atoms with Crippen LogP contribution in [0.5, 0.6) is 23.0 Å². The highest BCUT2D eigenvalue weighted by molar-refractivity contribution is 6.15. The first-order valence-electron chi connectivity index (χ1n) is 9.99. The third-order valence-corrected chi connectivity index (χ3v) is 4.79. The Balaban J connectivity index is 2.21. The zero-order valence-electron chi connectivity index (χ0n) is 19.0. The van der Waals surface area contributed by atoms with Gasteiger partial charge in [0.15, 0.2) is 34.6 Å². The van der Waals surface area contributed by atoms with Crippen molar-refractivity contribution in [2.75, 3.05) is 28.4 Å². The second kappa shape index (κ2) is 12.1. The van der Waals surface area contributed by atoms with Gasteiger partial charge in [-0.2, -0.15) is 0 Å². The standard InChI is InChI=1S/C25H27NO7/c1-30-21-11-7-16(13-23(21)32-3)5-9-19(27)18(15-25(26)29)20(28)10-6-17-8-12-22(31-2)24(14-17)33-4/h5-14,18H,15H2,1-4H3,(H2,26,29). The SMILES string of the molecule is COc1ccc(C=CC(=O)C(CC(N)=O)C(=O)C=Cc2ccc(OC)c(OC)c2)cc1OC. The summed E-state index contributed by atoms with van der Waals surface area (Å²) in [6, 6.07) is 10.2. The molecule has 8 heteroatoms. The largest absolute Gasteiger partial charge is 0.493 e. The molecule has 174 valence electrons. The molecule has 0 fully saturated rings. The van der Waals surface area contributed by atoms with Crippen LogP contribution in [0.15, 0.2) is 48.6 Å². The van der Waals surface area contributed by atoms with Crippen LogP contribution in [0.2, 0.25) is 0 Å². The molecule has 0 radical (unpaired) electrons. The van der Waals surface area contributed by atoms with E-state index in [0.29, 0.717) is 34.1 Å². The molecular weight excluding hydrogens is 426 g/mol. The topological polar surface area (TPSA) is 114 Å². The van der Waals surface area contributed by atoms with Crippen LogP contribution in [0.3, 0.4) is 0 Å². The molecule has 0 aliphatic rings. The van der Waals surface area contributed by atoms with Gasteiger partial charge >= 0.3 is 0 Å². The van der Waals surface area contributed by atoms with E-state index in [-0.39, 0.29) is 0 Å². The number of rotatable bonds is 12. The van der Waals surface area contributed by atoms with Crippen LogP contribution in [0.25, 0.3) is 12.2 Å². The zero-order valence-corrected chi connectivity index (χ0v) is 19.0. The van der Waals surface area contributed by atoms with Crippen molar-refractivity contribution in [3.05, 3.63) is 59.7 Å². The maximum absolute atomic E-state index is 12.7. The van der Waals surface area contributed by atoms with Crippen molar-refractivity contribution in [2.24, 2.45) is 11.7 Å². The van der Waals surface area contributed by atoms with Crippen molar-refractivity contribution >= 4 is 29.6 Å². The van der Waals surface area contributed by atoms with Crippen LogP contribution in [0.1, 0.15) is 17.5 Å². The van der Waals surface area contributed by atoms with Crippen LogP contribution in [-0.4, -0.2) is 45.9 Å². The fraction of sp³-hybridized carbons (Fsp3) is 0.240. The summed E-state index contributed by atoms with van der Waals surface area (Å²) < 4.78 is 20.9. The second-order valence-electron chi connectivity index (χ2n) is 6.92. The van der Waals surface area contributed by atoms with Crippen LogP contribution in [0.4, 0.5) is 0 Å². The quantitative estimate of drug-likeness (QED) is 0.388. The van der Waals surface area contributed by atoms with E-state index in [1.165, 1.54) is 52.7 Å². The lowest BCUT2D eigenvalue weighted by atomic mass is 9.93. The van der Waals surface area contributed by atoms with E-state index in [1.54, 1.807) is 36.4 Å². The van der Waals surface area contributed by atoms with E-state index in [4.69, 9.17) is 24.7 Å². The molecule has 0 aliphatic carbocycles. The monoisotopic (exact) mass is 453 g/mol. The summed E-state index contributed by atoms with van der Waals surface area (Å²) in [4.78, 5) is 36.9. The molecule has 1 amide bonds. The zero-order chi connectivity index (χ0) is 24.4. The predicted molar refractivity (Wildman–Crippen MR) is 124 cm³/mol. The molecule has 0 saturated carbocycles.